The maximum atomic E-state index is 9.31. The van der Waals surface area contributed by atoms with E-state index in [9.17, 15) is 5.11 Å². The van der Waals surface area contributed by atoms with Gasteiger partial charge in [-0.05, 0) is 25.8 Å². The molecule has 0 saturated heterocycles. The topological polar surface area (TPSA) is 32.3 Å². The first-order valence-corrected chi connectivity index (χ1v) is 5.69. The van der Waals surface area contributed by atoms with Gasteiger partial charge in [0, 0.05) is 5.54 Å². The molecule has 1 saturated carbocycles. The minimum absolute atomic E-state index is 0.0910. The van der Waals surface area contributed by atoms with Gasteiger partial charge in [-0.15, -0.1) is 0 Å². The molecule has 2 nitrogen and oxygen atoms in total. The Morgan fingerprint density at radius 1 is 1.23 bits per heavy atom. The second kappa shape index (κ2) is 5.61. The summed E-state index contributed by atoms with van der Waals surface area (Å²) in [5, 5.41) is 12.8. The molecule has 1 aliphatic carbocycles. The number of aliphatic hydroxyl groups excluding tert-OH is 1. The number of unbranched alkanes of at least 4 members (excludes halogenated alkanes) is 2. The molecule has 0 aliphatic heterocycles. The fourth-order valence-electron chi connectivity index (χ4n) is 2.17. The molecule has 1 fully saturated rings. The Bertz CT molecular complexity index is 130. The summed E-state index contributed by atoms with van der Waals surface area (Å²) in [4.78, 5) is 0. The third-order valence-corrected chi connectivity index (χ3v) is 3.14. The first-order valence-electron chi connectivity index (χ1n) is 5.69. The molecule has 0 amide bonds. The molecular formula is C11H23NO. The number of rotatable bonds is 6. The van der Waals surface area contributed by atoms with Crippen LogP contribution in [0, 0.1) is 0 Å². The summed E-state index contributed by atoms with van der Waals surface area (Å²) in [5.74, 6) is 0. The summed E-state index contributed by atoms with van der Waals surface area (Å²) in [5.41, 5.74) is 0.0910. The lowest BCUT2D eigenvalue weighted by atomic mass is 9.99. The van der Waals surface area contributed by atoms with Crippen molar-refractivity contribution in [3.8, 4) is 0 Å². The lowest BCUT2D eigenvalue weighted by Crippen LogP contribution is -2.46. The van der Waals surface area contributed by atoms with Gasteiger partial charge in [0.1, 0.15) is 0 Å². The highest BCUT2D eigenvalue weighted by molar-refractivity contribution is 4.91. The van der Waals surface area contributed by atoms with Gasteiger partial charge in [0.15, 0.2) is 0 Å². The van der Waals surface area contributed by atoms with E-state index in [1.54, 1.807) is 0 Å². The predicted molar refractivity (Wildman–Crippen MR) is 55.8 cm³/mol. The van der Waals surface area contributed by atoms with Crippen molar-refractivity contribution in [2.45, 2.75) is 57.4 Å². The summed E-state index contributed by atoms with van der Waals surface area (Å²) < 4.78 is 0. The Labute approximate surface area is 81.7 Å². The third kappa shape index (κ3) is 3.28. The van der Waals surface area contributed by atoms with Crippen LogP contribution in [0.2, 0.25) is 0 Å². The Morgan fingerprint density at radius 3 is 2.46 bits per heavy atom. The molecule has 13 heavy (non-hydrogen) atoms. The molecule has 0 aromatic rings. The van der Waals surface area contributed by atoms with E-state index in [1.807, 2.05) is 0 Å². The van der Waals surface area contributed by atoms with E-state index in [1.165, 1.54) is 32.1 Å². The lowest BCUT2D eigenvalue weighted by molar-refractivity contribution is 0.164. The third-order valence-electron chi connectivity index (χ3n) is 3.14. The summed E-state index contributed by atoms with van der Waals surface area (Å²) in [6.45, 7) is 3.62. The maximum Gasteiger partial charge on any atom is 0.0613 e. The van der Waals surface area contributed by atoms with E-state index in [2.05, 4.69) is 12.2 Å². The van der Waals surface area contributed by atoms with Crippen LogP contribution >= 0.6 is 0 Å². The second-order valence-corrected chi connectivity index (χ2v) is 4.28. The molecule has 0 aromatic heterocycles. The molecule has 2 heteroatoms. The molecule has 0 spiro atoms. The normalized spacial score (nSPS) is 20.8. The molecule has 1 aliphatic rings. The number of hydrogen-bond donors (Lipinski definition) is 2. The van der Waals surface area contributed by atoms with Crippen LogP contribution < -0.4 is 5.32 Å². The van der Waals surface area contributed by atoms with E-state index < -0.39 is 0 Å². The highest BCUT2D eigenvalue weighted by Gasteiger charge is 2.31. The van der Waals surface area contributed by atoms with Crippen LogP contribution in [0.4, 0.5) is 0 Å². The van der Waals surface area contributed by atoms with Gasteiger partial charge in [0.25, 0.3) is 0 Å². The van der Waals surface area contributed by atoms with Crippen molar-refractivity contribution >= 4 is 0 Å². The summed E-state index contributed by atoms with van der Waals surface area (Å²) in [7, 11) is 0. The largest absolute Gasteiger partial charge is 0.394 e. The zero-order chi connectivity index (χ0) is 9.57. The second-order valence-electron chi connectivity index (χ2n) is 4.28. The molecule has 0 atom stereocenters. The Hall–Kier alpha value is -0.0800. The smallest absolute Gasteiger partial charge is 0.0613 e. The standard InChI is InChI=1S/C11H23NO/c1-2-3-6-9-12-11(10-13)7-4-5-8-11/h12-13H,2-10H2,1H3. The van der Waals surface area contributed by atoms with E-state index >= 15 is 0 Å². The molecule has 2 N–H and O–H groups in total. The van der Waals surface area contributed by atoms with Crippen LogP contribution in [0.3, 0.4) is 0 Å². The van der Waals surface area contributed by atoms with Gasteiger partial charge < -0.3 is 10.4 Å². The van der Waals surface area contributed by atoms with E-state index in [0.29, 0.717) is 6.61 Å². The van der Waals surface area contributed by atoms with Crippen LogP contribution in [-0.4, -0.2) is 23.8 Å². The molecule has 0 bridgehead atoms. The fraction of sp³-hybridized carbons (Fsp3) is 1.00. The molecule has 0 aromatic carbocycles. The molecule has 78 valence electrons. The van der Waals surface area contributed by atoms with Gasteiger partial charge in [0.2, 0.25) is 0 Å². The lowest BCUT2D eigenvalue weighted by Gasteiger charge is -2.28. The van der Waals surface area contributed by atoms with Gasteiger partial charge in [-0.3, -0.25) is 0 Å². The minimum atomic E-state index is 0.0910. The first-order chi connectivity index (χ1) is 6.33. The SMILES string of the molecule is CCCCCNC1(CO)CCCC1. The Balaban J connectivity index is 2.16. The van der Waals surface area contributed by atoms with E-state index in [0.717, 1.165) is 19.4 Å². The van der Waals surface area contributed by atoms with Crippen LogP contribution in [0.1, 0.15) is 51.9 Å². The molecular weight excluding hydrogens is 162 g/mol. The molecule has 0 heterocycles. The minimum Gasteiger partial charge on any atom is -0.394 e. The van der Waals surface area contributed by atoms with Crippen LogP contribution in [0.15, 0.2) is 0 Å². The zero-order valence-corrected chi connectivity index (χ0v) is 8.81. The number of aliphatic hydroxyl groups is 1. The molecule has 1 rings (SSSR count). The van der Waals surface area contributed by atoms with Crippen molar-refractivity contribution in [3.63, 3.8) is 0 Å². The maximum absolute atomic E-state index is 9.31. The van der Waals surface area contributed by atoms with E-state index in [4.69, 9.17) is 0 Å². The number of hydrogen-bond acceptors (Lipinski definition) is 2. The van der Waals surface area contributed by atoms with Crippen molar-refractivity contribution < 1.29 is 5.11 Å². The van der Waals surface area contributed by atoms with Gasteiger partial charge in [-0.2, -0.15) is 0 Å². The predicted octanol–water partition coefficient (Wildman–Crippen LogP) is 2.07. The highest BCUT2D eigenvalue weighted by Crippen LogP contribution is 2.28. The Kier molecular flexibility index (Phi) is 4.74. The van der Waals surface area contributed by atoms with Crippen LogP contribution in [-0.2, 0) is 0 Å². The number of nitrogens with one attached hydrogen (secondary N) is 1. The average Bonchev–Trinajstić information content (AvgIpc) is 2.62. The van der Waals surface area contributed by atoms with Crippen molar-refractivity contribution in [1.29, 1.82) is 0 Å². The van der Waals surface area contributed by atoms with Crippen LogP contribution in [0.25, 0.3) is 0 Å². The van der Waals surface area contributed by atoms with Crippen molar-refractivity contribution in [2.75, 3.05) is 13.2 Å². The van der Waals surface area contributed by atoms with Crippen LogP contribution in [0.5, 0.6) is 0 Å². The van der Waals surface area contributed by atoms with Crippen molar-refractivity contribution in [2.24, 2.45) is 0 Å². The summed E-state index contributed by atoms with van der Waals surface area (Å²) >= 11 is 0. The molecule has 0 unspecified atom stereocenters. The van der Waals surface area contributed by atoms with Gasteiger partial charge in [-0.25, -0.2) is 0 Å². The summed E-state index contributed by atoms with van der Waals surface area (Å²) in [6.07, 6.45) is 8.70. The Morgan fingerprint density at radius 2 is 1.92 bits per heavy atom. The highest BCUT2D eigenvalue weighted by atomic mass is 16.3. The zero-order valence-electron chi connectivity index (χ0n) is 8.81. The summed E-state index contributed by atoms with van der Waals surface area (Å²) in [6, 6.07) is 0. The van der Waals surface area contributed by atoms with Gasteiger partial charge >= 0.3 is 0 Å². The first kappa shape index (κ1) is 11.0. The van der Waals surface area contributed by atoms with Crippen molar-refractivity contribution in [3.05, 3.63) is 0 Å². The van der Waals surface area contributed by atoms with E-state index in [-0.39, 0.29) is 5.54 Å². The van der Waals surface area contributed by atoms with Gasteiger partial charge in [0.05, 0.1) is 6.61 Å². The average molecular weight is 185 g/mol. The molecule has 0 radical (unpaired) electrons. The fourth-order valence-corrected chi connectivity index (χ4v) is 2.17. The quantitative estimate of drug-likeness (QED) is 0.621. The van der Waals surface area contributed by atoms with Crippen molar-refractivity contribution in [1.82, 2.24) is 5.32 Å². The monoisotopic (exact) mass is 185 g/mol. The van der Waals surface area contributed by atoms with Gasteiger partial charge in [-0.1, -0.05) is 32.6 Å².